The van der Waals surface area contributed by atoms with Gasteiger partial charge in [0.25, 0.3) is 0 Å². The van der Waals surface area contributed by atoms with E-state index in [0.29, 0.717) is 0 Å². The molecule has 0 saturated heterocycles. The van der Waals surface area contributed by atoms with Crippen LogP contribution in [0.25, 0.3) is 0 Å². The molecule has 0 amide bonds. The first-order valence-electron chi connectivity index (χ1n) is 4.61. The maximum absolute atomic E-state index is 9.34. The molecule has 1 aromatic rings. The van der Waals surface area contributed by atoms with Crippen molar-refractivity contribution in [1.29, 1.82) is 0 Å². The topological polar surface area (TPSA) is 53.4 Å². The second-order valence-corrected chi connectivity index (χ2v) is 4.14. The minimum absolute atomic E-state index is 0.211. The molecular formula is C10H15NO2S. The Morgan fingerprint density at radius 2 is 2.36 bits per heavy atom. The van der Waals surface area contributed by atoms with Crippen molar-refractivity contribution in [2.75, 3.05) is 12.4 Å². The van der Waals surface area contributed by atoms with E-state index in [-0.39, 0.29) is 6.61 Å². The molecule has 14 heavy (non-hydrogen) atoms. The Balaban J connectivity index is 2.55. The molecule has 2 N–H and O–H groups in total. The molecule has 0 aliphatic carbocycles. The molecule has 0 aliphatic heterocycles. The SMILES string of the molecule is C[C@@H](O)c1ccnc(SCCCO)c1. The number of rotatable bonds is 5. The highest BCUT2D eigenvalue weighted by Gasteiger charge is 2.02. The summed E-state index contributed by atoms with van der Waals surface area (Å²) in [6.07, 6.45) is 2.02. The quantitative estimate of drug-likeness (QED) is 0.576. The van der Waals surface area contributed by atoms with Gasteiger partial charge in [0.15, 0.2) is 0 Å². The summed E-state index contributed by atoms with van der Waals surface area (Å²) in [4.78, 5) is 4.16. The number of pyridine rings is 1. The van der Waals surface area contributed by atoms with E-state index in [1.54, 1.807) is 30.9 Å². The lowest BCUT2D eigenvalue weighted by Crippen LogP contribution is -1.93. The minimum atomic E-state index is -0.449. The average Bonchev–Trinajstić information content (AvgIpc) is 2.19. The van der Waals surface area contributed by atoms with Crippen LogP contribution in [-0.2, 0) is 0 Å². The van der Waals surface area contributed by atoms with E-state index in [4.69, 9.17) is 5.11 Å². The second-order valence-electron chi connectivity index (χ2n) is 3.03. The Morgan fingerprint density at radius 1 is 1.57 bits per heavy atom. The lowest BCUT2D eigenvalue weighted by molar-refractivity contribution is 0.199. The fourth-order valence-corrected chi connectivity index (χ4v) is 1.84. The highest BCUT2D eigenvalue weighted by Crippen LogP contribution is 2.20. The molecule has 0 aromatic carbocycles. The van der Waals surface area contributed by atoms with Crippen LogP contribution in [0.5, 0.6) is 0 Å². The molecule has 0 aliphatic rings. The smallest absolute Gasteiger partial charge is 0.0963 e. The Bertz CT molecular complexity index is 279. The van der Waals surface area contributed by atoms with Gasteiger partial charge in [-0.1, -0.05) is 0 Å². The number of aliphatic hydroxyl groups is 2. The molecule has 0 radical (unpaired) electrons. The first kappa shape index (κ1) is 11.5. The number of thioether (sulfide) groups is 1. The van der Waals surface area contributed by atoms with Crippen LogP contribution in [0.1, 0.15) is 25.0 Å². The van der Waals surface area contributed by atoms with Crippen molar-refractivity contribution < 1.29 is 10.2 Å². The van der Waals surface area contributed by atoms with E-state index in [1.165, 1.54) is 0 Å². The number of aromatic nitrogens is 1. The van der Waals surface area contributed by atoms with Crippen molar-refractivity contribution in [3.8, 4) is 0 Å². The summed E-state index contributed by atoms with van der Waals surface area (Å²) in [5.41, 5.74) is 0.881. The molecule has 0 fully saturated rings. The molecule has 0 unspecified atom stereocenters. The Morgan fingerprint density at radius 3 is 3.00 bits per heavy atom. The maximum atomic E-state index is 9.34. The molecule has 78 valence electrons. The van der Waals surface area contributed by atoms with E-state index in [9.17, 15) is 5.11 Å². The summed E-state index contributed by atoms with van der Waals surface area (Å²) >= 11 is 1.59. The first-order valence-corrected chi connectivity index (χ1v) is 5.60. The zero-order valence-corrected chi connectivity index (χ0v) is 9.00. The summed E-state index contributed by atoms with van der Waals surface area (Å²) < 4.78 is 0. The molecule has 1 aromatic heterocycles. The highest BCUT2D eigenvalue weighted by molar-refractivity contribution is 7.99. The summed E-state index contributed by atoms with van der Waals surface area (Å²) in [6.45, 7) is 1.95. The van der Waals surface area contributed by atoms with Gasteiger partial charge in [0.05, 0.1) is 11.1 Å². The van der Waals surface area contributed by atoms with Gasteiger partial charge in [-0.15, -0.1) is 11.8 Å². The van der Waals surface area contributed by atoms with Crippen molar-refractivity contribution in [3.63, 3.8) is 0 Å². The second kappa shape index (κ2) is 6.01. The van der Waals surface area contributed by atoms with Crippen molar-refractivity contribution in [3.05, 3.63) is 23.9 Å². The lowest BCUT2D eigenvalue weighted by Gasteiger charge is -2.05. The molecule has 0 spiro atoms. The third-order valence-electron chi connectivity index (χ3n) is 1.79. The summed E-state index contributed by atoms with van der Waals surface area (Å²) in [6, 6.07) is 3.69. The predicted molar refractivity (Wildman–Crippen MR) is 57.3 cm³/mol. The van der Waals surface area contributed by atoms with Gasteiger partial charge in [-0.05, 0) is 31.0 Å². The lowest BCUT2D eigenvalue weighted by atomic mass is 10.2. The standard InChI is InChI=1S/C10H15NO2S/c1-8(13)9-3-4-11-10(7-9)14-6-2-5-12/h3-4,7-8,12-13H,2,5-6H2,1H3/t8-/m1/s1. The van der Waals surface area contributed by atoms with Crippen molar-refractivity contribution in [2.24, 2.45) is 0 Å². The Labute approximate surface area is 88.2 Å². The van der Waals surface area contributed by atoms with Crippen LogP contribution in [0, 0.1) is 0 Å². The van der Waals surface area contributed by atoms with Gasteiger partial charge in [-0.25, -0.2) is 4.98 Å². The first-order chi connectivity index (χ1) is 6.74. The van der Waals surface area contributed by atoms with Gasteiger partial charge >= 0.3 is 0 Å². The number of aliphatic hydroxyl groups excluding tert-OH is 2. The Hall–Kier alpha value is -0.580. The molecule has 1 rings (SSSR count). The van der Waals surface area contributed by atoms with Gasteiger partial charge in [0.1, 0.15) is 0 Å². The fraction of sp³-hybridized carbons (Fsp3) is 0.500. The fourth-order valence-electron chi connectivity index (χ4n) is 1.00. The molecule has 0 bridgehead atoms. The third kappa shape index (κ3) is 3.65. The van der Waals surface area contributed by atoms with Crippen LogP contribution >= 0.6 is 11.8 Å². The van der Waals surface area contributed by atoms with Gasteiger partial charge in [0.2, 0.25) is 0 Å². The van der Waals surface area contributed by atoms with Crippen LogP contribution in [0.3, 0.4) is 0 Å². The number of nitrogens with zero attached hydrogens (tertiary/aromatic N) is 1. The highest BCUT2D eigenvalue weighted by atomic mass is 32.2. The molecule has 1 atom stereocenters. The molecule has 3 nitrogen and oxygen atoms in total. The van der Waals surface area contributed by atoms with Gasteiger partial charge in [-0.3, -0.25) is 0 Å². The predicted octanol–water partition coefficient (Wildman–Crippen LogP) is 1.61. The van der Waals surface area contributed by atoms with Gasteiger partial charge in [-0.2, -0.15) is 0 Å². The molecule has 0 saturated carbocycles. The summed E-state index contributed by atoms with van der Waals surface area (Å²) in [5.74, 6) is 0.854. The van der Waals surface area contributed by atoms with Crippen LogP contribution in [0.2, 0.25) is 0 Å². The zero-order chi connectivity index (χ0) is 10.4. The Kier molecular flexibility index (Phi) is 4.93. The van der Waals surface area contributed by atoms with E-state index in [0.717, 1.165) is 22.8 Å². The molecule has 4 heteroatoms. The monoisotopic (exact) mass is 213 g/mol. The van der Waals surface area contributed by atoms with Gasteiger partial charge < -0.3 is 10.2 Å². The van der Waals surface area contributed by atoms with Crippen LogP contribution < -0.4 is 0 Å². The maximum Gasteiger partial charge on any atom is 0.0963 e. The van der Waals surface area contributed by atoms with Crippen molar-refractivity contribution in [1.82, 2.24) is 4.98 Å². The molecule has 1 heterocycles. The minimum Gasteiger partial charge on any atom is -0.396 e. The largest absolute Gasteiger partial charge is 0.396 e. The van der Waals surface area contributed by atoms with E-state index >= 15 is 0 Å². The van der Waals surface area contributed by atoms with Crippen LogP contribution in [0.15, 0.2) is 23.4 Å². The third-order valence-corrected chi connectivity index (χ3v) is 2.81. The number of hydrogen-bond donors (Lipinski definition) is 2. The average molecular weight is 213 g/mol. The van der Waals surface area contributed by atoms with E-state index < -0.39 is 6.10 Å². The number of hydrogen-bond acceptors (Lipinski definition) is 4. The summed E-state index contributed by atoms with van der Waals surface area (Å²) in [5, 5.41) is 18.9. The van der Waals surface area contributed by atoms with Gasteiger partial charge in [0, 0.05) is 18.6 Å². The summed E-state index contributed by atoms with van der Waals surface area (Å²) in [7, 11) is 0. The van der Waals surface area contributed by atoms with E-state index in [1.807, 2.05) is 6.07 Å². The van der Waals surface area contributed by atoms with Crippen LogP contribution in [0.4, 0.5) is 0 Å². The molecular weight excluding hydrogens is 198 g/mol. The van der Waals surface area contributed by atoms with Crippen molar-refractivity contribution >= 4 is 11.8 Å². The van der Waals surface area contributed by atoms with Crippen LogP contribution in [-0.4, -0.2) is 27.6 Å². The van der Waals surface area contributed by atoms with E-state index in [2.05, 4.69) is 4.98 Å². The van der Waals surface area contributed by atoms with Crippen molar-refractivity contribution in [2.45, 2.75) is 24.5 Å². The normalized spacial score (nSPS) is 12.8. The zero-order valence-electron chi connectivity index (χ0n) is 8.18.